The van der Waals surface area contributed by atoms with E-state index in [4.69, 9.17) is 22.1 Å². The maximum Gasteiger partial charge on any atom is 0.229 e. The van der Waals surface area contributed by atoms with Crippen LogP contribution in [0.15, 0.2) is 60.0 Å². The number of ether oxygens (including phenoxy) is 1. The fourth-order valence-electron chi connectivity index (χ4n) is 3.33. The zero-order valence-corrected chi connectivity index (χ0v) is 15.1. The van der Waals surface area contributed by atoms with Gasteiger partial charge in [0, 0.05) is 5.02 Å². The first-order valence-corrected chi connectivity index (χ1v) is 8.59. The van der Waals surface area contributed by atoms with Gasteiger partial charge >= 0.3 is 0 Å². The van der Waals surface area contributed by atoms with Crippen LogP contribution < -0.4 is 10.5 Å². The second-order valence-corrected chi connectivity index (χ2v) is 6.65. The van der Waals surface area contributed by atoms with E-state index in [2.05, 4.69) is 11.2 Å². The van der Waals surface area contributed by atoms with E-state index in [0.29, 0.717) is 16.6 Å². The lowest BCUT2D eigenvalue weighted by Gasteiger charge is -2.25. The molecule has 0 spiro atoms. The van der Waals surface area contributed by atoms with Crippen molar-refractivity contribution in [1.82, 2.24) is 9.78 Å². The Morgan fingerprint density at radius 1 is 1.26 bits per heavy atom. The molecule has 0 fully saturated rings. The van der Waals surface area contributed by atoms with Crippen LogP contribution in [0.5, 0.6) is 11.6 Å². The highest BCUT2D eigenvalue weighted by atomic mass is 35.5. The van der Waals surface area contributed by atoms with E-state index in [1.165, 1.54) is 0 Å². The summed E-state index contributed by atoms with van der Waals surface area (Å²) in [5.41, 5.74) is 9.21. The molecule has 1 aromatic heterocycles. The number of nitriles is 1. The molecule has 6 nitrogen and oxygen atoms in total. The summed E-state index contributed by atoms with van der Waals surface area (Å²) in [7, 11) is 0. The van der Waals surface area contributed by atoms with Crippen molar-refractivity contribution in [3.05, 3.63) is 81.8 Å². The zero-order chi connectivity index (χ0) is 19.1. The highest BCUT2D eigenvalue weighted by Crippen LogP contribution is 2.45. The predicted octanol–water partition coefficient (Wildman–Crippen LogP) is 3.76. The number of halogens is 1. The van der Waals surface area contributed by atoms with Gasteiger partial charge in [0.2, 0.25) is 11.8 Å². The summed E-state index contributed by atoms with van der Waals surface area (Å²) in [6, 6.07) is 16.1. The lowest BCUT2D eigenvalue weighted by Crippen LogP contribution is -2.22. The van der Waals surface area contributed by atoms with Gasteiger partial charge < -0.3 is 15.6 Å². The van der Waals surface area contributed by atoms with Gasteiger partial charge in [-0.25, -0.2) is 4.68 Å². The third kappa shape index (κ3) is 2.78. The Morgan fingerprint density at radius 3 is 2.74 bits per heavy atom. The van der Waals surface area contributed by atoms with E-state index in [9.17, 15) is 10.4 Å². The topological polar surface area (TPSA) is 97.1 Å². The number of aryl methyl sites for hydroxylation is 1. The summed E-state index contributed by atoms with van der Waals surface area (Å²) in [6.07, 6.45) is 0. The standard InChI is InChI=1S/C20H15ClN4O2/c1-11-17-18(12-4-2-7-15(26)8-12)16(10-22)19(23)27-20(17)25(24-11)14-6-3-5-13(21)9-14/h2-9,18,26H,23H2,1H3/t18-/m0/s1. The molecule has 2 heterocycles. The van der Waals surface area contributed by atoms with Crippen LogP contribution in [0.25, 0.3) is 5.69 Å². The molecule has 0 radical (unpaired) electrons. The van der Waals surface area contributed by atoms with Gasteiger partial charge in [0.25, 0.3) is 0 Å². The first kappa shape index (κ1) is 17.0. The molecular weight excluding hydrogens is 364 g/mol. The number of rotatable bonds is 2. The van der Waals surface area contributed by atoms with Crippen LogP contribution in [0, 0.1) is 18.3 Å². The minimum absolute atomic E-state index is 0.0153. The molecule has 1 aliphatic heterocycles. The summed E-state index contributed by atoms with van der Waals surface area (Å²) in [4.78, 5) is 0. The highest BCUT2D eigenvalue weighted by Gasteiger charge is 2.36. The number of phenolic OH excluding ortho intramolecular Hbond substituents is 1. The van der Waals surface area contributed by atoms with E-state index in [1.54, 1.807) is 35.0 Å². The monoisotopic (exact) mass is 378 g/mol. The first-order chi connectivity index (χ1) is 13.0. The Balaban J connectivity index is 1.97. The molecule has 3 aromatic rings. The molecule has 27 heavy (non-hydrogen) atoms. The van der Waals surface area contributed by atoms with Crippen LogP contribution in [0.1, 0.15) is 22.7 Å². The van der Waals surface area contributed by atoms with E-state index < -0.39 is 5.92 Å². The summed E-state index contributed by atoms with van der Waals surface area (Å²) in [6.45, 7) is 1.84. The summed E-state index contributed by atoms with van der Waals surface area (Å²) < 4.78 is 7.41. The van der Waals surface area contributed by atoms with Crippen LogP contribution in [-0.4, -0.2) is 14.9 Å². The van der Waals surface area contributed by atoms with Crippen molar-refractivity contribution in [1.29, 1.82) is 5.26 Å². The van der Waals surface area contributed by atoms with Gasteiger partial charge in [0.15, 0.2) is 0 Å². The van der Waals surface area contributed by atoms with Crippen LogP contribution in [0.4, 0.5) is 0 Å². The molecule has 3 N–H and O–H groups in total. The number of nitrogens with two attached hydrogens (primary N) is 1. The number of aromatic nitrogens is 2. The maximum absolute atomic E-state index is 9.90. The molecule has 7 heteroatoms. The Hall–Kier alpha value is -3.43. The molecule has 134 valence electrons. The zero-order valence-electron chi connectivity index (χ0n) is 14.3. The van der Waals surface area contributed by atoms with Gasteiger partial charge in [-0.1, -0.05) is 29.8 Å². The van der Waals surface area contributed by atoms with Crippen molar-refractivity contribution >= 4 is 11.6 Å². The fourth-order valence-corrected chi connectivity index (χ4v) is 3.52. The van der Waals surface area contributed by atoms with Gasteiger partial charge in [-0.15, -0.1) is 0 Å². The van der Waals surface area contributed by atoms with Gasteiger partial charge in [0.05, 0.1) is 22.9 Å². The normalized spacial score (nSPS) is 15.8. The molecule has 1 atom stereocenters. The van der Waals surface area contributed by atoms with Crippen LogP contribution in [0.2, 0.25) is 5.02 Å². The number of hydrogen-bond donors (Lipinski definition) is 2. The molecule has 2 aromatic carbocycles. The number of hydrogen-bond acceptors (Lipinski definition) is 5. The summed E-state index contributed by atoms with van der Waals surface area (Å²) >= 11 is 6.11. The van der Waals surface area contributed by atoms with Crippen molar-refractivity contribution < 1.29 is 9.84 Å². The molecular formula is C20H15ClN4O2. The fraction of sp³-hybridized carbons (Fsp3) is 0.100. The smallest absolute Gasteiger partial charge is 0.229 e. The number of allylic oxidation sites excluding steroid dienone is 1. The largest absolute Gasteiger partial charge is 0.508 e. The third-order valence-electron chi connectivity index (χ3n) is 4.49. The van der Waals surface area contributed by atoms with Gasteiger partial charge in [-0.05, 0) is 42.8 Å². The minimum atomic E-state index is -0.487. The van der Waals surface area contributed by atoms with Crippen molar-refractivity contribution in [2.75, 3.05) is 0 Å². The van der Waals surface area contributed by atoms with E-state index in [-0.39, 0.29) is 17.2 Å². The van der Waals surface area contributed by atoms with Gasteiger partial charge in [-0.3, -0.25) is 0 Å². The van der Waals surface area contributed by atoms with Crippen molar-refractivity contribution in [3.63, 3.8) is 0 Å². The Bertz CT molecular complexity index is 1130. The highest BCUT2D eigenvalue weighted by molar-refractivity contribution is 6.30. The average Bonchev–Trinajstić information content (AvgIpc) is 2.96. The molecule has 0 saturated carbocycles. The number of fused-ring (bicyclic) bond motifs is 1. The van der Waals surface area contributed by atoms with Crippen molar-refractivity contribution in [2.24, 2.45) is 5.73 Å². The number of nitrogens with zero attached hydrogens (tertiary/aromatic N) is 3. The summed E-state index contributed by atoms with van der Waals surface area (Å²) in [5.74, 6) is 0.0659. The third-order valence-corrected chi connectivity index (χ3v) is 4.72. The van der Waals surface area contributed by atoms with E-state index in [0.717, 1.165) is 16.8 Å². The molecule has 0 amide bonds. The Kier molecular flexibility index (Phi) is 4.02. The van der Waals surface area contributed by atoms with Gasteiger partial charge in [0.1, 0.15) is 17.4 Å². The first-order valence-electron chi connectivity index (χ1n) is 8.21. The van der Waals surface area contributed by atoms with Crippen molar-refractivity contribution in [2.45, 2.75) is 12.8 Å². The maximum atomic E-state index is 9.90. The quantitative estimate of drug-likeness (QED) is 0.707. The second kappa shape index (κ2) is 6.38. The number of aromatic hydroxyl groups is 1. The molecule has 0 bridgehead atoms. The summed E-state index contributed by atoms with van der Waals surface area (Å²) in [5, 5.41) is 24.7. The van der Waals surface area contributed by atoms with Crippen LogP contribution in [0.3, 0.4) is 0 Å². The SMILES string of the molecule is Cc1nn(-c2cccc(Cl)c2)c2c1[C@@H](c1cccc(O)c1)C(C#N)=C(N)O2. The Labute approximate surface area is 160 Å². The average molecular weight is 379 g/mol. The number of benzene rings is 2. The minimum Gasteiger partial charge on any atom is -0.508 e. The predicted molar refractivity (Wildman–Crippen MR) is 101 cm³/mol. The van der Waals surface area contributed by atoms with Gasteiger partial charge in [-0.2, -0.15) is 10.4 Å². The van der Waals surface area contributed by atoms with E-state index in [1.807, 2.05) is 25.1 Å². The molecule has 0 saturated heterocycles. The lowest BCUT2D eigenvalue weighted by atomic mass is 9.84. The van der Waals surface area contributed by atoms with Crippen LogP contribution in [-0.2, 0) is 0 Å². The molecule has 1 aliphatic rings. The lowest BCUT2D eigenvalue weighted by molar-refractivity contribution is 0.367. The molecule has 0 unspecified atom stereocenters. The van der Waals surface area contributed by atoms with Crippen molar-refractivity contribution in [3.8, 4) is 23.4 Å². The van der Waals surface area contributed by atoms with Crippen LogP contribution >= 0.6 is 11.6 Å². The Morgan fingerprint density at radius 2 is 2.04 bits per heavy atom. The second-order valence-electron chi connectivity index (χ2n) is 6.22. The molecule has 0 aliphatic carbocycles. The van der Waals surface area contributed by atoms with E-state index >= 15 is 0 Å². The number of phenols is 1. The molecule has 4 rings (SSSR count).